The smallest absolute Gasteiger partial charge is 0.162 e. The van der Waals surface area contributed by atoms with Crippen molar-refractivity contribution in [3.63, 3.8) is 0 Å². The van der Waals surface area contributed by atoms with Gasteiger partial charge in [-0.3, -0.25) is 4.98 Å². The maximum absolute atomic E-state index is 5.50. The first-order chi connectivity index (χ1) is 35.2. The average molecular weight is 964 g/mol. The van der Waals surface area contributed by atoms with E-state index in [0.717, 1.165) is 170 Å². The molecule has 0 amide bonds. The molecule has 5 aromatic heterocycles. The fourth-order valence-corrected chi connectivity index (χ4v) is 10.2. The Hall–Kier alpha value is -6.09. The second kappa shape index (κ2) is 26.6. The van der Waals surface area contributed by atoms with E-state index in [0.29, 0.717) is 47.1 Å². The molecule has 0 fully saturated rings. The summed E-state index contributed by atoms with van der Waals surface area (Å²) in [5.41, 5.74) is 13.2. The first kappa shape index (κ1) is 53.7. The summed E-state index contributed by atoms with van der Waals surface area (Å²) in [7, 11) is 0. The first-order valence-corrected chi connectivity index (χ1v) is 27.8. The van der Waals surface area contributed by atoms with Gasteiger partial charge in [0.25, 0.3) is 0 Å². The highest BCUT2D eigenvalue weighted by atomic mass is 15.0. The quantitative estimate of drug-likeness (QED) is 0.0523. The van der Waals surface area contributed by atoms with Crippen LogP contribution in [-0.4, -0.2) is 44.9 Å². The van der Waals surface area contributed by atoms with Gasteiger partial charge in [0, 0.05) is 53.2 Å². The molecule has 0 aliphatic rings. The first-order valence-electron chi connectivity index (χ1n) is 27.8. The molecule has 0 spiro atoms. The molecule has 0 saturated carbocycles. The predicted molar refractivity (Wildman–Crippen MR) is 298 cm³/mol. The summed E-state index contributed by atoms with van der Waals surface area (Å²) in [5, 5.41) is 0. The second-order valence-electron chi connectivity index (χ2n) is 20.1. The molecule has 2 aromatic carbocycles. The minimum absolute atomic E-state index is 0.462. The summed E-state index contributed by atoms with van der Waals surface area (Å²) < 4.78 is 0. The van der Waals surface area contributed by atoms with E-state index >= 15 is 0 Å². The van der Waals surface area contributed by atoms with E-state index in [4.69, 9.17) is 44.9 Å². The lowest BCUT2D eigenvalue weighted by Gasteiger charge is -2.20. The average Bonchev–Trinajstić information content (AvgIpc) is 3.44. The second-order valence-corrected chi connectivity index (χ2v) is 20.1. The van der Waals surface area contributed by atoms with Gasteiger partial charge in [0.15, 0.2) is 23.3 Å². The Morgan fingerprint density at radius 3 is 1.07 bits per heavy atom. The van der Waals surface area contributed by atoms with Crippen molar-refractivity contribution in [2.45, 2.75) is 166 Å². The zero-order valence-corrected chi connectivity index (χ0v) is 45.3. The molecule has 0 atom stereocenters. The lowest BCUT2D eigenvalue weighted by atomic mass is 9.90. The van der Waals surface area contributed by atoms with E-state index in [-0.39, 0.29) is 0 Å². The molecular formula is C63H81N9. The van der Waals surface area contributed by atoms with Crippen molar-refractivity contribution in [2.24, 2.45) is 29.6 Å². The van der Waals surface area contributed by atoms with Crippen molar-refractivity contribution in [1.29, 1.82) is 0 Å². The molecule has 9 nitrogen and oxygen atoms in total. The number of aromatic nitrogens is 9. The van der Waals surface area contributed by atoms with E-state index in [9.17, 15) is 0 Å². The fourth-order valence-electron chi connectivity index (χ4n) is 10.2. The molecule has 0 aliphatic carbocycles. The van der Waals surface area contributed by atoms with Gasteiger partial charge in [0.05, 0.1) is 39.6 Å². The van der Waals surface area contributed by atoms with E-state index in [1.54, 1.807) is 0 Å². The molecule has 72 heavy (non-hydrogen) atoms. The highest BCUT2D eigenvalue weighted by molar-refractivity contribution is 5.72. The van der Waals surface area contributed by atoms with Crippen LogP contribution in [0.5, 0.6) is 0 Å². The Kier molecular flexibility index (Phi) is 19.8. The largest absolute Gasteiger partial charge is 0.255 e. The van der Waals surface area contributed by atoms with Gasteiger partial charge >= 0.3 is 0 Å². The van der Waals surface area contributed by atoms with Gasteiger partial charge in [-0.25, -0.2) is 39.9 Å². The van der Waals surface area contributed by atoms with Crippen molar-refractivity contribution in [3.8, 4) is 67.9 Å². The topological polar surface area (TPSA) is 116 Å². The molecule has 0 N–H and O–H groups in total. The maximum Gasteiger partial charge on any atom is 0.162 e. The summed E-state index contributed by atoms with van der Waals surface area (Å²) in [5.74, 6) is 5.25. The van der Waals surface area contributed by atoms with Crippen LogP contribution < -0.4 is 0 Å². The van der Waals surface area contributed by atoms with Gasteiger partial charge in [-0.1, -0.05) is 194 Å². The Bertz CT molecular complexity index is 2770. The Morgan fingerprint density at radius 2 is 0.625 bits per heavy atom. The number of benzene rings is 2. The molecule has 0 radical (unpaired) electrons. The van der Waals surface area contributed by atoms with Gasteiger partial charge in [0.1, 0.15) is 0 Å². The maximum atomic E-state index is 5.50. The van der Waals surface area contributed by atoms with Crippen LogP contribution >= 0.6 is 0 Å². The molecule has 5 heterocycles. The highest BCUT2D eigenvalue weighted by Gasteiger charge is 2.24. The zero-order chi connectivity index (χ0) is 51.0. The predicted octanol–water partition coefficient (Wildman–Crippen LogP) is 16.1. The molecule has 9 heteroatoms. The van der Waals surface area contributed by atoms with Gasteiger partial charge in [0.2, 0.25) is 0 Å². The number of hydrogen-bond acceptors (Lipinski definition) is 9. The van der Waals surface area contributed by atoms with Gasteiger partial charge in [-0.05, 0) is 78.9 Å². The van der Waals surface area contributed by atoms with Gasteiger partial charge in [-0.15, -0.1) is 0 Å². The van der Waals surface area contributed by atoms with E-state index in [1.165, 1.54) is 5.56 Å². The van der Waals surface area contributed by atoms with Crippen molar-refractivity contribution < 1.29 is 0 Å². The SMILES string of the molecule is CCC(CC)Cc1cc(-c2cnc(-c3cnc(-c4ccccc4)nc3CC(CC)CC)nc2CC(CC)CC)ncc1-c1ncc(-c2ncc(-c3ccccc3)c(CC(CC)CC)n2)c(CC(CC)CC)n1. The molecule has 7 rings (SSSR count). The van der Waals surface area contributed by atoms with Crippen LogP contribution in [0.15, 0.2) is 97.7 Å². The summed E-state index contributed by atoms with van der Waals surface area (Å²) in [6.45, 7) is 22.8. The summed E-state index contributed by atoms with van der Waals surface area (Å²) in [4.78, 5) is 47.2. The Morgan fingerprint density at radius 1 is 0.306 bits per heavy atom. The minimum atomic E-state index is 0.462. The van der Waals surface area contributed by atoms with Crippen molar-refractivity contribution >= 4 is 0 Å². The minimum Gasteiger partial charge on any atom is -0.255 e. The number of pyridine rings is 1. The monoisotopic (exact) mass is 964 g/mol. The van der Waals surface area contributed by atoms with Crippen molar-refractivity contribution in [2.75, 3.05) is 0 Å². The Labute approximate surface area is 432 Å². The third-order valence-corrected chi connectivity index (χ3v) is 15.8. The molecule has 378 valence electrons. The highest BCUT2D eigenvalue weighted by Crippen LogP contribution is 2.36. The molecule has 0 saturated heterocycles. The van der Waals surface area contributed by atoms with Crippen LogP contribution in [0.1, 0.15) is 162 Å². The number of rotatable bonds is 26. The van der Waals surface area contributed by atoms with Crippen LogP contribution in [0.2, 0.25) is 0 Å². The molecule has 7 aromatic rings. The van der Waals surface area contributed by atoms with Crippen LogP contribution in [0, 0.1) is 29.6 Å². The molecule has 0 aliphatic heterocycles. The number of hydrogen-bond donors (Lipinski definition) is 0. The lowest BCUT2D eigenvalue weighted by molar-refractivity contribution is 0.484. The summed E-state index contributed by atoms with van der Waals surface area (Å²) in [6.07, 6.45) is 25.0. The van der Waals surface area contributed by atoms with Crippen LogP contribution in [0.4, 0.5) is 0 Å². The standard InChI is InChI=1S/C63H81N9/c1-11-42(12-2)31-49-36-55(52-39-67-63(71-57(52)33-44(15-5)16-6)53-40-65-60(48-29-25-22-26-30-48)69-58(53)34-45(17-7)18-8)64-38-51(49)61-68-41-54(59(72-61)35-46(19-9)20-10)62-66-37-50(47-27-23-21-24-28-47)56(70-62)32-43(13-3)14-4/h21-30,36-46H,11-20,31-35H2,1-10H3. The normalized spacial score (nSPS) is 11.8. The number of nitrogens with zero attached hydrogens (tertiary/aromatic N) is 9. The van der Waals surface area contributed by atoms with E-state index < -0.39 is 0 Å². The van der Waals surface area contributed by atoms with Gasteiger partial charge < -0.3 is 0 Å². The van der Waals surface area contributed by atoms with Crippen molar-refractivity contribution in [1.82, 2.24) is 44.9 Å². The molecule has 0 bridgehead atoms. The van der Waals surface area contributed by atoms with Gasteiger partial charge in [-0.2, -0.15) is 0 Å². The van der Waals surface area contributed by atoms with Crippen LogP contribution in [0.3, 0.4) is 0 Å². The zero-order valence-electron chi connectivity index (χ0n) is 45.3. The molecule has 0 unspecified atom stereocenters. The third kappa shape index (κ3) is 13.1. The summed E-state index contributed by atoms with van der Waals surface area (Å²) >= 11 is 0. The Balaban J connectivity index is 1.35. The van der Waals surface area contributed by atoms with E-state index in [1.807, 2.05) is 49.2 Å². The third-order valence-electron chi connectivity index (χ3n) is 15.8. The van der Waals surface area contributed by atoms with Crippen LogP contribution in [0.25, 0.3) is 67.9 Å². The van der Waals surface area contributed by atoms with Crippen molar-refractivity contribution in [3.05, 3.63) is 126 Å². The lowest BCUT2D eigenvalue weighted by Crippen LogP contribution is -2.12. The molecular weight excluding hydrogens is 883 g/mol. The van der Waals surface area contributed by atoms with E-state index in [2.05, 4.69) is 118 Å². The summed E-state index contributed by atoms with van der Waals surface area (Å²) in [6, 6.07) is 23.1. The van der Waals surface area contributed by atoms with Crippen LogP contribution in [-0.2, 0) is 32.1 Å². The fraction of sp³-hybridized carbons (Fsp3) is 0.476.